The number of phenolic OH excluding ortho intramolecular Hbond substituents is 1. The van der Waals surface area contributed by atoms with Crippen molar-refractivity contribution in [2.45, 2.75) is 6.54 Å². The first-order valence-corrected chi connectivity index (χ1v) is 5.25. The molecular formula is C12H12ClNO3. The summed E-state index contributed by atoms with van der Waals surface area (Å²) in [4.78, 5) is 12.2. The van der Waals surface area contributed by atoms with E-state index in [1.54, 1.807) is 17.0 Å². The summed E-state index contributed by atoms with van der Waals surface area (Å²) < 4.78 is 0. The largest absolute Gasteiger partial charge is 0.506 e. The molecule has 0 heterocycles. The number of halogens is 1. The third kappa shape index (κ3) is 4.35. The van der Waals surface area contributed by atoms with Gasteiger partial charge in [0.15, 0.2) is 0 Å². The van der Waals surface area contributed by atoms with E-state index in [1.165, 1.54) is 6.07 Å². The molecule has 1 rings (SSSR count). The molecule has 0 atom stereocenters. The van der Waals surface area contributed by atoms with Gasteiger partial charge in [0.25, 0.3) is 0 Å². The standard InChI is InChI=1S/C12H12ClNO3/c1-2-5-14(8-12(16)17)7-9-3-4-11(15)10(13)6-9/h1,3-4,6,15H,5,7-8H2,(H,16,17). The summed E-state index contributed by atoms with van der Waals surface area (Å²) in [6, 6.07) is 4.72. The average Bonchev–Trinajstić information content (AvgIpc) is 2.23. The second-order valence-corrected chi connectivity index (χ2v) is 3.94. The summed E-state index contributed by atoms with van der Waals surface area (Å²) in [6.07, 6.45) is 5.16. The molecule has 1 aromatic carbocycles. The van der Waals surface area contributed by atoms with Crippen LogP contribution in [0.4, 0.5) is 0 Å². The molecule has 0 fully saturated rings. The van der Waals surface area contributed by atoms with E-state index in [1.807, 2.05) is 0 Å². The fourth-order valence-corrected chi connectivity index (χ4v) is 1.60. The smallest absolute Gasteiger partial charge is 0.317 e. The predicted octanol–water partition coefficient (Wildman–Crippen LogP) is 1.57. The molecule has 0 radical (unpaired) electrons. The molecule has 0 saturated carbocycles. The van der Waals surface area contributed by atoms with E-state index in [9.17, 15) is 9.90 Å². The van der Waals surface area contributed by atoms with Gasteiger partial charge >= 0.3 is 5.97 Å². The first kappa shape index (κ1) is 13.4. The van der Waals surface area contributed by atoms with Crippen molar-refractivity contribution in [3.8, 4) is 18.1 Å². The molecule has 0 saturated heterocycles. The number of nitrogens with zero attached hydrogens (tertiary/aromatic N) is 1. The molecule has 0 amide bonds. The van der Waals surface area contributed by atoms with Gasteiger partial charge in [-0.15, -0.1) is 6.42 Å². The van der Waals surface area contributed by atoms with Crippen LogP contribution in [0, 0.1) is 12.3 Å². The van der Waals surface area contributed by atoms with Crippen molar-refractivity contribution in [2.24, 2.45) is 0 Å². The zero-order valence-corrected chi connectivity index (χ0v) is 9.81. The van der Waals surface area contributed by atoms with E-state index < -0.39 is 5.97 Å². The highest BCUT2D eigenvalue weighted by Gasteiger charge is 2.10. The fraction of sp³-hybridized carbons (Fsp3) is 0.250. The number of terminal acetylenes is 1. The van der Waals surface area contributed by atoms with Crippen LogP contribution >= 0.6 is 11.6 Å². The van der Waals surface area contributed by atoms with Crippen LogP contribution in [0.1, 0.15) is 5.56 Å². The Morgan fingerprint density at radius 1 is 1.53 bits per heavy atom. The van der Waals surface area contributed by atoms with Crippen molar-refractivity contribution in [1.82, 2.24) is 4.90 Å². The second-order valence-electron chi connectivity index (χ2n) is 3.53. The molecule has 0 spiro atoms. The molecule has 0 bridgehead atoms. The lowest BCUT2D eigenvalue weighted by molar-refractivity contribution is -0.138. The third-order valence-electron chi connectivity index (χ3n) is 2.09. The van der Waals surface area contributed by atoms with E-state index in [0.717, 1.165) is 5.56 Å². The molecule has 5 heteroatoms. The van der Waals surface area contributed by atoms with Gasteiger partial charge < -0.3 is 10.2 Å². The summed E-state index contributed by atoms with van der Waals surface area (Å²) in [5, 5.41) is 18.2. The highest BCUT2D eigenvalue weighted by Crippen LogP contribution is 2.24. The van der Waals surface area contributed by atoms with E-state index in [-0.39, 0.29) is 23.9 Å². The van der Waals surface area contributed by atoms with Crippen molar-refractivity contribution < 1.29 is 15.0 Å². The third-order valence-corrected chi connectivity index (χ3v) is 2.39. The van der Waals surface area contributed by atoms with Crippen molar-refractivity contribution in [1.29, 1.82) is 0 Å². The Morgan fingerprint density at radius 2 is 2.24 bits per heavy atom. The van der Waals surface area contributed by atoms with Gasteiger partial charge in [-0.2, -0.15) is 0 Å². The molecule has 1 aromatic rings. The molecule has 2 N–H and O–H groups in total. The van der Waals surface area contributed by atoms with Crippen molar-refractivity contribution in [3.63, 3.8) is 0 Å². The number of carboxylic acids is 1. The topological polar surface area (TPSA) is 60.8 Å². The number of carbonyl (C=O) groups is 1. The summed E-state index contributed by atoms with van der Waals surface area (Å²) in [6.45, 7) is 0.476. The monoisotopic (exact) mass is 253 g/mol. The van der Waals surface area contributed by atoms with Crippen LogP contribution in [0.25, 0.3) is 0 Å². The lowest BCUT2D eigenvalue weighted by atomic mass is 10.2. The highest BCUT2D eigenvalue weighted by atomic mass is 35.5. The van der Waals surface area contributed by atoms with Gasteiger partial charge in [0.2, 0.25) is 0 Å². The molecule has 17 heavy (non-hydrogen) atoms. The fourth-order valence-electron chi connectivity index (χ4n) is 1.40. The molecule has 4 nitrogen and oxygen atoms in total. The molecular weight excluding hydrogens is 242 g/mol. The Bertz CT molecular complexity index is 454. The van der Waals surface area contributed by atoms with Gasteiger partial charge in [-0.25, -0.2) is 0 Å². The minimum absolute atomic E-state index is 0.00264. The summed E-state index contributed by atoms with van der Waals surface area (Å²) in [7, 11) is 0. The van der Waals surface area contributed by atoms with Crippen LogP contribution in [0.5, 0.6) is 5.75 Å². The number of hydrogen-bond acceptors (Lipinski definition) is 3. The first-order chi connectivity index (χ1) is 8.02. The SMILES string of the molecule is C#CCN(CC(=O)O)Cc1ccc(O)c(Cl)c1. The number of hydrogen-bond donors (Lipinski definition) is 2. The maximum absolute atomic E-state index is 10.6. The number of aliphatic carboxylic acids is 1. The Labute approximate surface area is 104 Å². The second kappa shape index (κ2) is 6.14. The minimum Gasteiger partial charge on any atom is -0.506 e. The number of aromatic hydroxyl groups is 1. The van der Waals surface area contributed by atoms with Crippen LogP contribution in [0.15, 0.2) is 18.2 Å². The van der Waals surface area contributed by atoms with Gasteiger partial charge in [-0.05, 0) is 17.7 Å². The van der Waals surface area contributed by atoms with Gasteiger partial charge in [0, 0.05) is 6.54 Å². The van der Waals surface area contributed by atoms with E-state index in [4.69, 9.17) is 23.1 Å². The Kier molecular flexibility index (Phi) is 4.83. The molecule has 90 valence electrons. The summed E-state index contributed by atoms with van der Waals surface area (Å²) in [5.41, 5.74) is 0.796. The van der Waals surface area contributed by atoms with E-state index in [0.29, 0.717) is 6.54 Å². The predicted molar refractivity (Wildman–Crippen MR) is 64.9 cm³/mol. The lowest BCUT2D eigenvalue weighted by Crippen LogP contribution is -2.29. The van der Waals surface area contributed by atoms with Gasteiger partial charge in [0.1, 0.15) is 5.75 Å². The van der Waals surface area contributed by atoms with E-state index in [2.05, 4.69) is 5.92 Å². The van der Waals surface area contributed by atoms with Crippen LogP contribution in [0.3, 0.4) is 0 Å². The molecule has 0 aliphatic heterocycles. The molecule has 0 aliphatic rings. The Morgan fingerprint density at radius 3 is 2.76 bits per heavy atom. The van der Waals surface area contributed by atoms with Crippen LogP contribution < -0.4 is 0 Å². The Hall–Kier alpha value is -1.70. The van der Waals surface area contributed by atoms with Crippen LogP contribution in [0.2, 0.25) is 5.02 Å². The number of rotatable bonds is 5. The molecule has 0 aromatic heterocycles. The van der Waals surface area contributed by atoms with Crippen molar-refractivity contribution in [3.05, 3.63) is 28.8 Å². The minimum atomic E-state index is -0.940. The number of benzene rings is 1. The zero-order chi connectivity index (χ0) is 12.8. The van der Waals surface area contributed by atoms with Crippen molar-refractivity contribution in [2.75, 3.05) is 13.1 Å². The summed E-state index contributed by atoms with van der Waals surface area (Å²) in [5.74, 6) is 1.46. The zero-order valence-electron chi connectivity index (χ0n) is 9.06. The van der Waals surface area contributed by atoms with Crippen LogP contribution in [-0.4, -0.2) is 34.2 Å². The van der Waals surface area contributed by atoms with Crippen LogP contribution in [-0.2, 0) is 11.3 Å². The maximum atomic E-state index is 10.6. The van der Waals surface area contributed by atoms with Gasteiger partial charge in [0.05, 0.1) is 18.1 Å². The normalized spacial score (nSPS) is 10.2. The number of carboxylic acid groups (broad SMARTS) is 1. The average molecular weight is 254 g/mol. The quantitative estimate of drug-likeness (QED) is 0.782. The molecule has 0 unspecified atom stereocenters. The maximum Gasteiger partial charge on any atom is 0.317 e. The van der Waals surface area contributed by atoms with Crippen molar-refractivity contribution >= 4 is 17.6 Å². The summed E-state index contributed by atoms with van der Waals surface area (Å²) >= 11 is 5.75. The number of phenols is 1. The Balaban J connectivity index is 2.75. The highest BCUT2D eigenvalue weighted by molar-refractivity contribution is 6.32. The van der Waals surface area contributed by atoms with E-state index >= 15 is 0 Å². The van der Waals surface area contributed by atoms with Gasteiger partial charge in [-0.3, -0.25) is 9.69 Å². The van der Waals surface area contributed by atoms with Gasteiger partial charge in [-0.1, -0.05) is 23.6 Å². The first-order valence-electron chi connectivity index (χ1n) is 4.88. The molecule has 0 aliphatic carbocycles. The lowest BCUT2D eigenvalue weighted by Gasteiger charge is -2.17.